The summed E-state index contributed by atoms with van der Waals surface area (Å²) in [5.41, 5.74) is 9.83. The van der Waals surface area contributed by atoms with E-state index in [2.05, 4.69) is 0 Å². The normalized spacial score (nSPS) is 12.5. The van der Waals surface area contributed by atoms with Crippen LogP contribution in [-0.2, 0) is 0 Å². The maximum atomic E-state index is 13.2. The molecule has 0 saturated heterocycles. The minimum Gasteiger partial charge on any atom is -0.320 e. The number of nitrogens with two attached hydrogens (primary N) is 1. The minimum atomic E-state index is -0.869. The topological polar surface area (TPSA) is 26.0 Å². The van der Waals surface area contributed by atoms with Crippen molar-refractivity contribution in [2.24, 2.45) is 5.73 Å². The molecule has 2 aromatic carbocycles. The van der Waals surface area contributed by atoms with Gasteiger partial charge in [0.25, 0.3) is 0 Å². The van der Waals surface area contributed by atoms with Gasteiger partial charge in [0.05, 0.1) is 6.04 Å². The lowest BCUT2D eigenvalue weighted by Crippen LogP contribution is -2.12. The molecule has 2 aromatic rings. The molecule has 0 heterocycles. The maximum absolute atomic E-state index is 13.2. The number of benzene rings is 2. The summed E-state index contributed by atoms with van der Waals surface area (Å²) in [6, 6.07) is 9.18. The summed E-state index contributed by atoms with van der Waals surface area (Å²) in [5, 5.41) is 0. The van der Waals surface area contributed by atoms with Gasteiger partial charge in [-0.05, 0) is 48.2 Å². The van der Waals surface area contributed by atoms with Crippen molar-refractivity contribution in [2.75, 3.05) is 0 Å². The monoisotopic (exact) mass is 247 g/mol. The average molecular weight is 247 g/mol. The summed E-state index contributed by atoms with van der Waals surface area (Å²) in [5.74, 6) is -1.72. The lowest BCUT2D eigenvalue weighted by atomic mass is 9.96. The van der Waals surface area contributed by atoms with Crippen molar-refractivity contribution in [1.29, 1.82) is 0 Å². The zero-order valence-electron chi connectivity index (χ0n) is 10.4. The molecule has 0 aromatic heterocycles. The molecular weight excluding hydrogens is 232 g/mol. The molecule has 0 fully saturated rings. The molecule has 18 heavy (non-hydrogen) atoms. The van der Waals surface area contributed by atoms with Gasteiger partial charge in [-0.1, -0.05) is 24.3 Å². The quantitative estimate of drug-likeness (QED) is 0.861. The molecular formula is C15H15F2N. The molecule has 2 N–H and O–H groups in total. The highest BCUT2D eigenvalue weighted by atomic mass is 19.2. The third-order valence-electron chi connectivity index (χ3n) is 3.19. The molecule has 0 aliphatic carbocycles. The van der Waals surface area contributed by atoms with Gasteiger partial charge >= 0.3 is 0 Å². The van der Waals surface area contributed by atoms with E-state index in [4.69, 9.17) is 5.73 Å². The van der Waals surface area contributed by atoms with Crippen LogP contribution in [-0.4, -0.2) is 0 Å². The van der Waals surface area contributed by atoms with E-state index in [0.717, 1.165) is 23.3 Å². The van der Waals surface area contributed by atoms with Crippen LogP contribution in [0.3, 0.4) is 0 Å². The Labute approximate surface area is 105 Å². The summed E-state index contributed by atoms with van der Waals surface area (Å²) in [6.45, 7) is 4.01. The third kappa shape index (κ3) is 2.41. The summed E-state index contributed by atoms with van der Waals surface area (Å²) in [4.78, 5) is 0. The van der Waals surface area contributed by atoms with Crippen molar-refractivity contribution in [3.8, 4) is 0 Å². The second-order valence-electron chi connectivity index (χ2n) is 4.49. The van der Waals surface area contributed by atoms with Gasteiger partial charge < -0.3 is 5.73 Å². The second-order valence-corrected chi connectivity index (χ2v) is 4.49. The molecule has 0 aliphatic heterocycles. The first-order valence-corrected chi connectivity index (χ1v) is 5.76. The van der Waals surface area contributed by atoms with Crippen molar-refractivity contribution in [2.45, 2.75) is 19.9 Å². The predicted octanol–water partition coefficient (Wildman–Crippen LogP) is 3.63. The third-order valence-corrected chi connectivity index (χ3v) is 3.19. The number of halogens is 2. The van der Waals surface area contributed by atoms with E-state index in [-0.39, 0.29) is 0 Å². The number of aryl methyl sites for hydroxylation is 2. The van der Waals surface area contributed by atoms with Gasteiger partial charge in [0.2, 0.25) is 0 Å². The summed E-state index contributed by atoms with van der Waals surface area (Å²) in [7, 11) is 0. The van der Waals surface area contributed by atoms with E-state index in [1.807, 2.05) is 32.0 Å². The van der Waals surface area contributed by atoms with Gasteiger partial charge in [-0.3, -0.25) is 0 Å². The van der Waals surface area contributed by atoms with Crippen LogP contribution in [0.5, 0.6) is 0 Å². The molecule has 1 unspecified atom stereocenters. The van der Waals surface area contributed by atoms with Crippen LogP contribution in [0.15, 0.2) is 36.4 Å². The highest BCUT2D eigenvalue weighted by molar-refractivity contribution is 5.37. The van der Waals surface area contributed by atoms with Gasteiger partial charge in [-0.2, -0.15) is 0 Å². The smallest absolute Gasteiger partial charge is 0.159 e. The Morgan fingerprint density at radius 1 is 0.833 bits per heavy atom. The molecule has 3 heteroatoms. The first-order valence-electron chi connectivity index (χ1n) is 5.76. The van der Waals surface area contributed by atoms with E-state index >= 15 is 0 Å². The van der Waals surface area contributed by atoms with Crippen LogP contribution < -0.4 is 5.73 Å². The second kappa shape index (κ2) is 4.86. The van der Waals surface area contributed by atoms with E-state index in [1.54, 1.807) is 0 Å². The Morgan fingerprint density at radius 3 is 2.06 bits per heavy atom. The largest absolute Gasteiger partial charge is 0.320 e. The maximum Gasteiger partial charge on any atom is 0.159 e. The van der Waals surface area contributed by atoms with Crippen LogP contribution in [0.2, 0.25) is 0 Å². The van der Waals surface area contributed by atoms with E-state index in [9.17, 15) is 8.78 Å². The average Bonchev–Trinajstić information content (AvgIpc) is 2.35. The fraction of sp³-hybridized carbons (Fsp3) is 0.200. The lowest BCUT2D eigenvalue weighted by molar-refractivity contribution is 0.506. The van der Waals surface area contributed by atoms with Crippen molar-refractivity contribution in [1.82, 2.24) is 0 Å². The zero-order chi connectivity index (χ0) is 13.3. The predicted molar refractivity (Wildman–Crippen MR) is 68.3 cm³/mol. The Kier molecular flexibility index (Phi) is 3.43. The SMILES string of the molecule is Cc1ccc(C(N)c2ccc(F)c(F)c2)cc1C. The minimum absolute atomic E-state index is 0.445. The fourth-order valence-corrected chi connectivity index (χ4v) is 1.86. The molecule has 0 spiro atoms. The van der Waals surface area contributed by atoms with Gasteiger partial charge in [0.15, 0.2) is 11.6 Å². The van der Waals surface area contributed by atoms with Crippen LogP contribution in [0.4, 0.5) is 8.78 Å². The Bertz CT molecular complexity index is 527. The molecule has 0 aliphatic rings. The summed E-state index contributed by atoms with van der Waals surface area (Å²) < 4.78 is 26.0. The summed E-state index contributed by atoms with van der Waals surface area (Å²) in [6.07, 6.45) is 0. The van der Waals surface area contributed by atoms with Gasteiger partial charge in [0.1, 0.15) is 0 Å². The number of rotatable bonds is 2. The van der Waals surface area contributed by atoms with E-state index < -0.39 is 17.7 Å². The van der Waals surface area contributed by atoms with Crippen LogP contribution in [0.25, 0.3) is 0 Å². The first-order chi connectivity index (χ1) is 8.49. The van der Waals surface area contributed by atoms with Gasteiger partial charge in [-0.25, -0.2) is 8.78 Å². The van der Waals surface area contributed by atoms with E-state index in [1.165, 1.54) is 11.6 Å². The molecule has 0 amide bonds. The lowest BCUT2D eigenvalue weighted by Gasteiger charge is -2.14. The van der Waals surface area contributed by atoms with Crippen LogP contribution in [0.1, 0.15) is 28.3 Å². The van der Waals surface area contributed by atoms with Crippen LogP contribution >= 0.6 is 0 Å². The number of hydrogen-bond acceptors (Lipinski definition) is 1. The zero-order valence-corrected chi connectivity index (χ0v) is 10.4. The highest BCUT2D eigenvalue weighted by Crippen LogP contribution is 2.23. The van der Waals surface area contributed by atoms with Gasteiger partial charge in [-0.15, -0.1) is 0 Å². The first kappa shape index (κ1) is 12.7. The molecule has 1 nitrogen and oxygen atoms in total. The Hall–Kier alpha value is -1.74. The molecule has 2 rings (SSSR count). The van der Waals surface area contributed by atoms with Gasteiger partial charge in [0, 0.05) is 0 Å². The summed E-state index contributed by atoms with van der Waals surface area (Å²) >= 11 is 0. The molecule has 0 saturated carbocycles. The van der Waals surface area contributed by atoms with E-state index in [0.29, 0.717) is 5.56 Å². The Morgan fingerprint density at radius 2 is 1.44 bits per heavy atom. The van der Waals surface area contributed by atoms with Crippen molar-refractivity contribution in [3.63, 3.8) is 0 Å². The fourth-order valence-electron chi connectivity index (χ4n) is 1.86. The molecule has 94 valence electrons. The molecule has 0 bridgehead atoms. The van der Waals surface area contributed by atoms with Crippen LogP contribution in [0, 0.1) is 25.5 Å². The van der Waals surface area contributed by atoms with Crippen molar-refractivity contribution in [3.05, 3.63) is 70.3 Å². The highest BCUT2D eigenvalue weighted by Gasteiger charge is 2.12. The number of hydrogen-bond donors (Lipinski definition) is 1. The van der Waals surface area contributed by atoms with Crippen molar-refractivity contribution >= 4 is 0 Å². The molecule has 1 atom stereocenters. The standard InChI is InChI=1S/C15H15F2N/c1-9-3-4-11(7-10(9)2)15(18)12-5-6-13(16)14(17)8-12/h3-8,15H,18H2,1-2H3. The van der Waals surface area contributed by atoms with Crippen molar-refractivity contribution < 1.29 is 8.78 Å². The molecule has 0 radical (unpaired) electrons. The Balaban J connectivity index is 2.37.